The van der Waals surface area contributed by atoms with Crippen molar-refractivity contribution in [3.63, 3.8) is 0 Å². The predicted molar refractivity (Wildman–Crippen MR) is 144 cm³/mol. The number of nitrogens with zero attached hydrogens (tertiary/aromatic N) is 6. The van der Waals surface area contributed by atoms with Gasteiger partial charge in [-0.2, -0.15) is 5.10 Å². The number of hydrogen-bond acceptors (Lipinski definition) is 7. The summed E-state index contributed by atoms with van der Waals surface area (Å²) in [5, 5.41) is 8.31. The first kappa shape index (κ1) is 23.7. The molecule has 0 amide bonds. The maximum absolute atomic E-state index is 14.5. The fourth-order valence-electron chi connectivity index (χ4n) is 4.39. The summed E-state index contributed by atoms with van der Waals surface area (Å²) < 4.78 is 20.3. The molecule has 0 aliphatic carbocycles. The van der Waals surface area contributed by atoms with Crippen LogP contribution in [0.4, 0.5) is 4.39 Å². The van der Waals surface area contributed by atoms with Gasteiger partial charge < -0.3 is 14.6 Å². The van der Waals surface area contributed by atoms with Crippen LogP contribution in [0.1, 0.15) is 5.56 Å². The number of pyridine rings is 3. The van der Waals surface area contributed by atoms with E-state index in [1.54, 1.807) is 24.7 Å². The monoisotopic (exact) mass is 508 g/mol. The molecular weight excluding hydrogens is 483 g/mol. The van der Waals surface area contributed by atoms with E-state index in [9.17, 15) is 4.39 Å². The second kappa shape index (κ2) is 9.64. The molecule has 0 spiro atoms. The van der Waals surface area contributed by atoms with Gasteiger partial charge in [0.15, 0.2) is 11.5 Å². The predicted octanol–water partition coefficient (Wildman–Crippen LogP) is 5.01. The second-order valence-corrected chi connectivity index (χ2v) is 9.35. The SMILES string of the molecule is Cc1ccncc1-c1cnc2[nH]nc(-c3nc4c(-c5cc(F)cc(OCCN(C)C)c5)nccc4[nH]3)c2c1. The molecule has 1 aromatic carbocycles. The van der Waals surface area contributed by atoms with Crippen LogP contribution in [-0.4, -0.2) is 67.3 Å². The molecule has 0 aliphatic heterocycles. The zero-order chi connectivity index (χ0) is 26.2. The summed E-state index contributed by atoms with van der Waals surface area (Å²) in [6, 6.07) is 10.4. The average molecular weight is 509 g/mol. The molecule has 0 unspecified atom stereocenters. The highest BCUT2D eigenvalue weighted by Gasteiger charge is 2.18. The Hall–Kier alpha value is -4.70. The van der Waals surface area contributed by atoms with Gasteiger partial charge in [0.05, 0.1) is 16.6 Å². The van der Waals surface area contributed by atoms with E-state index >= 15 is 0 Å². The Bertz CT molecular complexity index is 1770. The first-order chi connectivity index (χ1) is 18.5. The van der Waals surface area contributed by atoms with Crippen molar-refractivity contribution in [1.29, 1.82) is 0 Å². The minimum atomic E-state index is -0.403. The number of imidazole rings is 1. The Kier molecular flexibility index (Phi) is 6.01. The number of hydrogen-bond donors (Lipinski definition) is 2. The van der Waals surface area contributed by atoms with Gasteiger partial charge in [0.1, 0.15) is 29.4 Å². The molecule has 6 rings (SSSR count). The molecule has 10 heteroatoms. The first-order valence-corrected chi connectivity index (χ1v) is 12.1. The van der Waals surface area contributed by atoms with Gasteiger partial charge in [-0.3, -0.25) is 15.1 Å². The second-order valence-electron chi connectivity index (χ2n) is 9.35. The lowest BCUT2D eigenvalue weighted by Gasteiger charge is -2.12. The third-order valence-corrected chi connectivity index (χ3v) is 6.34. The summed E-state index contributed by atoms with van der Waals surface area (Å²) in [6.07, 6.45) is 7.07. The molecule has 0 radical (unpaired) electrons. The lowest BCUT2D eigenvalue weighted by atomic mass is 10.0. The van der Waals surface area contributed by atoms with Crippen molar-refractivity contribution in [3.8, 4) is 39.7 Å². The number of H-pyrrole nitrogens is 2. The fourth-order valence-corrected chi connectivity index (χ4v) is 4.39. The van der Waals surface area contributed by atoms with E-state index < -0.39 is 5.82 Å². The van der Waals surface area contributed by atoms with Gasteiger partial charge in [0.2, 0.25) is 0 Å². The highest BCUT2D eigenvalue weighted by molar-refractivity contribution is 5.96. The van der Waals surface area contributed by atoms with E-state index in [0.29, 0.717) is 46.3 Å². The van der Waals surface area contributed by atoms with Crippen LogP contribution in [0.3, 0.4) is 0 Å². The van der Waals surface area contributed by atoms with E-state index in [0.717, 1.165) is 34.1 Å². The Morgan fingerprint density at radius 3 is 2.71 bits per heavy atom. The fraction of sp³-hybridized carbons (Fsp3) is 0.179. The van der Waals surface area contributed by atoms with Gasteiger partial charge in [-0.05, 0) is 56.9 Å². The van der Waals surface area contributed by atoms with E-state index in [1.165, 1.54) is 12.1 Å². The number of aryl methyl sites for hydroxylation is 1. The van der Waals surface area contributed by atoms with E-state index in [-0.39, 0.29) is 0 Å². The zero-order valence-electron chi connectivity index (χ0n) is 21.2. The minimum absolute atomic E-state index is 0.403. The highest BCUT2D eigenvalue weighted by atomic mass is 19.1. The molecule has 0 saturated carbocycles. The number of nitrogens with one attached hydrogen (secondary N) is 2. The summed E-state index contributed by atoms with van der Waals surface area (Å²) >= 11 is 0. The van der Waals surface area contributed by atoms with Crippen molar-refractivity contribution in [2.75, 3.05) is 27.2 Å². The van der Waals surface area contributed by atoms with Crippen molar-refractivity contribution in [2.45, 2.75) is 6.92 Å². The van der Waals surface area contributed by atoms with Crippen molar-refractivity contribution < 1.29 is 9.13 Å². The Labute approximate surface area is 217 Å². The number of fused-ring (bicyclic) bond motifs is 2. The number of aromatic amines is 2. The number of halogens is 1. The standard InChI is InChI=1S/C28H25FN8O/c1-16-4-6-30-15-22(16)18-12-21-25(35-36-27(21)32-14-18)28-33-23-5-7-31-24(26(23)34-28)17-10-19(29)13-20(11-17)38-9-8-37(2)3/h4-7,10-15H,8-9H2,1-3H3,(H,33,34)(H,32,35,36). The van der Waals surface area contributed by atoms with Crippen LogP contribution in [0.5, 0.6) is 5.75 Å². The molecule has 2 N–H and O–H groups in total. The Morgan fingerprint density at radius 2 is 1.87 bits per heavy atom. The third-order valence-electron chi connectivity index (χ3n) is 6.34. The molecule has 5 heterocycles. The van der Waals surface area contributed by atoms with Gasteiger partial charge in [0.25, 0.3) is 0 Å². The van der Waals surface area contributed by atoms with Crippen molar-refractivity contribution >= 4 is 22.1 Å². The van der Waals surface area contributed by atoms with Gasteiger partial charge in [-0.15, -0.1) is 0 Å². The summed E-state index contributed by atoms with van der Waals surface area (Å²) in [5.41, 5.74) is 6.81. The van der Waals surface area contributed by atoms with Crippen LogP contribution in [0.2, 0.25) is 0 Å². The van der Waals surface area contributed by atoms with Crippen LogP contribution in [0.15, 0.2) is 61.2 Å². The molecule has 0 atom stereocenters. The maximum atomic E-state index is 14.5. The summed E-state index contributed by atoms with van der Waals surface area (Å²) in [6.45, 7) is 3.20. The summed E-state index contributed by atoms with van der Waals surface area (Å²) in [5.74, 6) is 0.597. The number of rotatable bonds is 7. The summed E-state index contributed by atoms with van der Waals surface area (Å²) in [7, 11) is 3.92. The number of ether oxygens (including phenoxy) is 1. The molecule has 0 fully saturated rings. The third kappa shape index (κ3) is 4.46. The molecule has 5 aromatic heterocycles. The number of likely N-dealkylation sites (N-methyl/N-ethyl adjacent to an activating group) is 1. The molecule has 190 valence electrons. The Morgan fingerprint density at radius 1 is 0.974 bits per heavy atom. The minimum Gasteiger partial charge on any atom is -0.492 e. The maximum Gasteiger partial charge on any atom is 0.159 e. The molecule has 0 bridgehead atoms. The largest absolute Gasteiger partial charge is 0.492 e. The quantitative estimate of drug-likeness (QED) is 0.312. The smallest absolute Gasteiger partial charge is 0.159 e. The summed E-state index contributed by atoms with van der Waals surface area (Å²) in [4.78, 5) is 23.5. The van der Waals surface area contributed by atoms with Crippen molar-refractivity contribution in [2.24, 2.45) is 0 Å². The molecule has 9 nitrogen and oxygen atoms in total. The zero-order valence-corrected chi connectivity index (χ0v) is 21.2. The van der Waals surface area contributed by atoms with Gasteiger partial charge in [-0.1, -0.05) is 0 Å². The number of aromatic nitrogens is 7. The van der Waals surface area contributed by atoms with Crippen LogP contribution in [0.25, 0.3) is 56.0 Å². The molecule has 38 heavy (non-hydrogen) atoms. The highest BCUT2D eigenvalue weighted by Crippen LogP contribution is 2.33. The molecular formula is C28H25FN8O. The lowest BCUT2D eigenvalue weighted by Crippen LogP contribution is -2.19. The van der Waals surface area contributed by atoms with Crippen LogP contribution >= 0.6 is 0 Å². The van der Waals surface area contributed by atoms with Gasteiger partial charge in [-0.25, -0.2) is 14.4 Å². The lowest BCUT2D eigenvalue weighted by molar-refractivity contribution is 0.260. The van der Waals surface area contributed by atoms with E-state index in [2.05, 4.69) is 30.1 Å². The molecule has 6 aromatic rings. The number of benzene rings is 1. The first-order valence-electron chi connectivity index (χ1n) is 12.1. The van der Waals surface area contributed by atoms with E-state index in [4.69, 9.17) is 9.72 Å². The van der Waals surface area contributed by atoms with Gasteiger partial charge >= 0.3 is 0 Å². The molecule has 0 saturated heterocycles. The topological polar surface area (TPSA) is 108 Å². The van der Waals surface area contributed by atoms with Crippen LogP contribution in [0, 0.1) is 12.7 Å². The van der Waals surface area contributed by atoms with E-state index in [1.807, 2.05) is 50.3 Å². The normalized spacial score (nSPS) is 11.6. The molecule has 0 aliphatic rings. The van der Waals surface area contributed by atoms with Crippen LogP contribution in [-0.2, 0) is 0 Å². The van der Waals surface area contributed by atoms with Crippen molar-refractivity contribution in [1.82, 2.24) is 40.0 Å². The van der Waals surface area contributed by atoms with Crippen LogP contribution < -0.4 is 4.74 Å². The van der Waals surface area contributed by atoms with Gasteiger partial charge in [0, 0.05) is 54.1 Å². The Balaban J connectivity index is 1.41. The van der Waals surface area contributed by atoms with Crippen molar-refractivity contribution in [3.05, 3.63) is 72.6 Å². The average Bonchev–Trinajstić information content (AvgIpc) is 3.52.